The molecule has 0 saturated carbocycles. The zero-order valence-electron chi connectivity index (χ0n) is 48.8. The number of nitrogens with one attached hydrogen (secondary N) is 3. The van der Waals surface area contributed by atoms with Crippen LogP contribution in [0.2, 0.25) is 0 Å². The summed E-state index contributed by atoms with van der Waals surface area (Å²) in [4.78, 5) is 113. The van der Waals surface area contributed by atoms with Crippen molar-refractivity contribution in [1.29, 1.82) is 0 Å². The SMILES string of the molecule is CCC(=O)O[C@H](CC)CC(=O)NC1C(OC(=O)C[C@H](O)CC)[C@H](O)C(CO[C@@H]2OC(CO)[C@H](OP(=O)(O)O)C(OC(=O)C[C@H](O)CC)C2NC(=O)C[C@@H](CC(C)C)OC(=O)CC)O[C@H]1OCCNC(=O)CCCO[C@H]1OC(C)[C@H](O)C(O)C1O. The number of aliphatic hydroxyl groups is 7. The smallest absolute Gasteiger partial charge is 0.462 e. The Kier molecular flexibility index (Phi) is 32.6. The summed E-state index contributed by atoms with van der Waals surface area (Å²) in [5, 5.41) is 81.6. The van der Waals surface area contributed by atoms with Crippen LogP contribution in [0.25, 0.3) is 0 Å². The van der Waals surface area contributed by atoms with Crippen molar-refractivity contribution in [2.75, 3.05) is 33.0 Å². The van der Waals surface area contributed by atoms with Crippen LogP contribution in [0, 0.1) is 5.92 Å². The fraction of sp³-hybridized carbons (Fsp3) is 0.865. The van der Waals surface area contributed by atoms with Crippen molar-refractivity contribution in [3.05, 3.63) is 0 Å². The minimum absolute atomic E-state index is 0.00690. The van der Waals surface area contributed by atoms with Gasteiger partial charge in [0.15, 0.2) is 31.1 Å². The average Bonchev–Trinajstić information content (AvgIpc) is 1.71. The predicted molar refractivity (Wildman–Crippen MR) is 285 cm³/mol. The van der Waals surface area contributed by atoms with Crippen LogP contribution in [-0.2, 0) is 90.0 Å². The molecule has 3 aliphatic rings. The number of aliphatic hydroxyl groups excluding tert-OH is 7. The average molecular weight is 1240 g/mol. The first-order chi connectivity index (χ1) is 39.6. The van der Waals surface area contributed by atoms with E-state index in [0.717, 1.165) is 0 Å². The number of carbonyl (C=O) groups excluding carboxylic acids is 7. The Balaban J connectivity index is 2.05. The van der Waals surface area contributed by atoms with Crippen LogP contribution in [0.3, 0.4) is 0 Å². The Morgan fingerprint density at radius 2 is 1.11 bits per heavy atom. The molecule has 0 radical (unpaired) electrons. The Morgan fingerprint density at radius 3 is 1.64 bits per heavy atom. The molecular weight excluding hydrogens is 1150 g/mol. The largest absolute Gasteiger partial charge is 0.470 e. The number of carbonyl (C=O) groups is 7. The summed E-state index contributed by atoms with van der Waals surface area (Å²) in [6, 6.07) is -3.48. The van der Waals surface area contributed by atoms with Crippen molar-refractivity contribution >= 4 is 49.4 Å². The number of hydrogen-bond acceptors (Lipinski definition) is 26. The van der Waals surface area contributed by atoms with Crippen molar-refractivity contribution in [2.45, 2.75) is 249 Å². The number of hydrogen-bond donors (Lipinski definition) is 12. The minimum atomic E-state index is -5.56. The number of rotatable bonds is 36. The van der Waals surface area contributed by atoms with Crippen LogP contribution in [0.4, 0.5) is 0 Å². The van der Waals surface area contributed by atoms with Gasteiger partial charge in [-0.05, 0) is 44.9 Å². The fourth-order valence-corrected chi connectivity index (χ4v) is 9.55. The molecule has 12 N–H and O–H groups in total. The van der Waals surface area contributed by atoms with Crippen molar-refractivity contribution in [3.8, 4) is 0 Å². The molecule has 486 valence electrons. The van der Waals surface area contributed by atoms with E-state index in [-0.39, 0.29) is 70.4 Å². The molecule has 3 rings (SSSR count). The standard InChI is InChI=1S/C52H90N3O28P/c1-9-28(57)20-39(64)81-48-41(54-35(60)22-30(11-3)77-37(62)12-4)50(74-18-16-53-34(59)15-14-17-73-52-46(69)45(68)43(66)27(8)76-52)80-33(44(48)67)25-75-51-42(55-36(61)23-31(19-26(6)7)78-38(63)13-5)49(82-40(65)21-29(58)10-2)47(32(24-56)79-51)83-84(70,71)72/h26-33,41-52,56-58,66-69H,9-25H2,1-8H3,(H,53,59)(H,54,60)(H,55,61)(H2,70,71,72)/t27?,28-,29-,30-,31-,32?,33?,41?,42?,43+,44-,45?,46?,47+,48?,49?,50-,51-,52+/m1/s1. The van der Waals surface area contributed by atoms with Crippen LogP contribution >= 0.6 is 7.82 Å². The molecule has 9 unspecified atom stereocenters. The van der Waals surface area contributed by atoms with Crippen LogP contribution in [0.5, 0.6) is 0 Å². The Labute approximate surface area is 487 Å². The van der Waals surface area contributed by atoms with E-state index in [1.54, 1.807) is 41.5 Å². The van der Waals surface area contributed by atoms with Gasteiger partial charge in [0.25, 0.3) is 0 Å². The van der Waals surface area contributed by atoms with Crippen molar-refractivity contribution in [3.63, 3.8) is 0 Å². The summed E-state index contributed by atoms with van der Waals surface area (Å²) in [5.41, 5.74) is 0. The van der Waals surface area contributed by atoms with Gasteiger partial charge in [-0.25, -0.2) is 4.57 Å². The highest BCUT2D eigenvalue weighted by Gasteiger charge is 2.54. The van der Waals surface area contributed by atoms with Gasteiger partial charge in [-0.1, -0.05) is 48.5 Å². The summed E-state index contributed by atoms with van der Waals surface area (Å²) in [6.45, 7) is 10.2. The number of phosphoric acid groups is 1. The second-order valence-corrected chi connectivity index (χ2v) is 22.2. The molecule has 0 bridgehead atoms. The quantitative estimate of drug-likeness (QED) is 0.0140. The molecule has 0 aromatic heterocycles. The van der Waals surface area contributed by atoms with Crippen LogP contribution < -0.4 is 16.0 Å². The molecule has 3 fully saturated rings. The topological polar surface area (TPSA) is 456 Å². The Morgan fingerprint density at radius 1 is 0.583 bits per heavy atom. The van der Waals surface area contributed by atoms with Gasteiger partial charge in [0, 0.05) is 25.8 Å². The second kappa shape index (κ2) is 36.9. The van der Waals surface area contributed by atoms with Crippen LogP contribution in [0.1, 0.15) is 132 Å². The van der Waals surface area contributed by atoms with Crippen molar-refractivity contribution in [2.24, 2.45) is 5.92 Å². The molecule has 3 saturated heterocycles. The highest BCUT2D eigenvalue weighted by molar-refractivity contribution is 7.46. The van der Waals surface area contributed by atoms with E-state index in [0.29, 0.717) is 0 Å². The van der Waals surface area contributed by atoms with Gasteiger partial charge in [-0.2, -0.15) is 0 Å². The van der Waals surface area contributed by atoms with E-state index in [2.05, 4.69) is 16.0 Å². The van der Waals surface area contributed by atoms with E-state index in [1.807, 2.05) is 0 Å². The lowest BCUT2D eigenvalue weighted by Gasteiger charge is -2.47. The van der Waals surface area contributed by atoms with Gasteiger partial charge in [-0.3, -0.25) is 38.1 Å². The van der Waals surface area contributed by atoms with Gasteiger partial charge < -0.3 is 109 Å². The van der Waals surface area contributed by atoms with Crippen molar-refractivity contribution < 1.29 is 136 Å². The molecule has 84 heavy (non-hydrogen) atoms. The zero-order valence-corrected chi connectivity index (χ0v) is 49.7. The number of esters is 4. The van der Waals surface area contributed by atoms with Gasteiger partial charge in [0.2, 0.25) is 17.7 Å². The van der Waals surface area contributed by atoms with Crippen LogP contribution in [-0.4, -0.2) is 237 Å². The predicted octanol–water partition coefficient (Wildman–Crippen LogP) is -1.96. The lowest BCUT2D eigenvalue weighted by atomic mass is 9.95. The Bertz CT molecular complexity index is 2110. The lowest BCUT2D eigenvalue weighted by Crippen LogP contribution is -2.68. The van der Waals surface area contributed by atoms with Crippen molar-refractivity contribution in [1.82, 2.24) is 16.0 Å². The molecule has 32 heteroatoms. The van der Waals surface area contributed by atoms with Gasteiger partial charge in [0.05, 0.1) is 70.4 Å². The molecule has 3 aliphatic heterocycles. The normalized spacial score (nSPS) is 29.6. The molecule has 31 nitrogen and oxygen atoms in total. The molecule has 0 aromatic carbocycles. The van der Waals surface area contributed by atoms with E-state index < -0.39 is 211 Å². The molecule has 0 spiro atoms. The zero-order chi connectivity index (χ0) is 63.0. The van der Waals surface area contributed by atoms with Crippen LogP contribution in [0.15, 0.2) is 0 Å². The van der Waals surface area contributed by atoms with E-state index in [9.17, 15) is 83.7 Å². The summed E-state index contributed by atoms with van der Waals surface area (Å²) in [6.07, 6.45) is -28.0. The highest BCUT2D eigenvalue weighted by Crippen LogP contribution is 2.42. The maximum atomic E-state index is 14.1. The molecule has 3 amide bonds. The second-order valence-electron chi connectivity index (χ2n) is 21.0. The van der Waals surface area contributed by atoms with E-state index >= 15 is 0 Å². The van der Waals surface area contributed by atoms with Gasteiger partial charge in [0.1, 0.15) is 67.0 Å². The fourth-order valence-electron chi connectivity index (χ4n) is 8.97. The third-order valence-corrected chi connectivity index (χ3v) is 14.2. The number of amides is 3. The number of phosphoric ester groups is 1. The first-order valence-electron chi connectivity index (χ1n) is 28.5. The van der Waals surface area contributed by atoms with Gasteiger partial charge >= 0.3 is 31.7 Å². The molecular formula is C52H90N3O28P. The third kappa shape index (κ3) is 24.9. The molecule has 3 heterocycles. The monoisotopic (exact) mass is 1240 g/mol. The molecule has 19 atom stereocenters. The minimum Gasteiger partial charge on any atom is -0.462 e. The molecule has 0 aliphatic carbocycles. The summed E-state index contributed by atoms with van der Waals surface area (Å²) < 4.78 is 75.2. The maximum Gasteiger partial charge on any atom is 0.470 e. The summed E-state index contributed by atoms with van der Waals surface area (Å²) in [7, 11) is -5.56. The third-order valence-electron chi connectivity index (χ3n) is 13.7. The maximum absolute atomic E-state index is 14.1. The highest BCUT2D eigenvalue weighted by atomic mass is 31.2. The van der Waals surface area contributed by atoms with E-state index in [1.165, 1.54) is 13.8 Å². The Hall–Kier alpha value is -4.12. The van der Waals surface area contributed by atoms with Gasteiger partial charge in [-0.15, -0.1) is 0 Å². The first-order valence-corrected chi connectivity index (χ1v) is 30.0. The summed E-state index contributed by atoms with van der Waals surface area (Å²) in [5.74, 6) is -5.84. The first kappa shape index (κ1) is 74.1. The lowest BCUT2D eigenvalue weighted by molar-refractivity contribution is -0.304. The number of ether oxygens (including phenoxy) is 10. The van der Waals surface area contributed by atoms with E-state index in [4.69, 9.17) is 51.9 Å². The molecule has 0 aromatic rings. The summed E-state index contributed by atoms with van der Waals surface area (Å²) >= 11 is 0.